The molecular formula is C25H33BN4O5. The number of hydrogen-bond acceptors (Lipinski definition) is 7. The highest BCUT2D eigenvalue weighted by atomic mass is 16.7. The van der Waals surface area contributed by atoms with Crippen LogP contribution in [0.4, 0.5) is 10.5 Å². The smallest absolute Gasteiger partial charge is 0.442 e. The van der Waals surface area contributed by atoms with Gasteiger partial charge in [-0.15, -0.1) is 5.10 Å². The summed E-state index contributed by atoms with van der Waals surface area (Å²) in [6.07, 6.45) is 9.48. The minimum Gasteiger partial charge on any atom is -0.442 e. The molecule has 1 unspecified atom stereocenters. The van der Waals surface area contributed by atoms with Crippen molar-refractivity contribution in [1.29, 1.82) is 0 Å². The van der Waals surface area contributed by atoms with Crippen molar-refractivity contribution in [2.45, 2.75) is 78.7 Å². The van der Waals surface area contributed by atoms with Gasteiger partial charge in [0.15, 0.2) is 5.75 Å². The van der Waals surface area contributed by atoms with Gasteiger partial charge in [0.05, 0.1) is 35.7 Å². The van der Waals surface area contributed by atoms with Gasteiger partial charge in [0, 0.05) is 6.20 Å². The molecule has 35 heavy (non-hydrogen) atoms. The highest BCUT2D eigenvalue weighted by Crippen LogP contribution is 2.38. The van der Waals surface area contributed by atoms with Crippen molar-refractivity contribution in [2.24, 2.45) is 5.41 Å². The van der Waals surface area contributed by atoms with Crippen LogP contribution in [-0.4, -0.2) is 52.1 Å². The Kier molecular flexibility index (Phi) is 6.36. The molecule has 10 heteroatoms. The summed E-state index contributed by atoms with van der Waals surface area (Å²) in [4.78, 5) is 14.3. The summed E-state index contributed by atoms with van der Waals surface area (Å²) >= 11 is 0. The molecule has 1 amide bonds. The number of ether oxygens (including phenoxy) is 2. The number of aromatic nitrogens is 3. The number of terminal acetylenes is 1. The Labute approximate surface area is 207 Å². The number of amides is 1. The van der Waals surface area contributed by atoms with E-state index in [4.69, 9.17) is 25.2 Å². The van der Waals surface area contributed by atoms with Gasteiger partial charge >= 0.3 is 13.2 Å². The molecule has 2 saturated heterocycles. The molecule has 0 N–H and O–H groups in total. The van der Waals surface area contributed by atoms with Crippen LogP contribution in [0.5, 0.6) is 5.75 Å². The lowest BCUT2D eigenvalue weighted by molar-refractivity contribution is 0.00578. The van der Waals surface area contributed by atoms with E-state index in [1.54, 1.807) is 16.8 Å². The fourth-order valence-corrected chi connectivity index (χ4v) is 4.10. The Hall–Kier alpha value is -3.03. The first kappa shape index (κ1) is 25.1. The van der Waals surface area contributed by atoms with Crippen molar-refractivity contribution in [3.8, 4) is 18.3 Å². The normalized spacial score (nSPS) is 21.2. The van der Waals surface area contributed by atoms with Crippen LogP contribution < -0.4 is 15.1 Å². The molecule has 4 rings (SSSR count). The van der Waals surface area contributed by atoms with E-state index in [-0.39, 0.29) is 5.41 Å². The van der Waals surface area contributed by atoms with Gasteiger partial charge in [-0.05, 0) is 57.1 Å². The molecule has 0 radical (unpaired) electrons. The summed E-state index contributed by atoms with van der Waals surface area (Å²) in [7, 11) is -0.581. The lowest BCUT2D eigenvalue weighted by atomic mass is 9.79. The van der Waals surface area contributed by atoms with E-state index in [0.717, 1.165) is 17.6 Å². The second-order valence-electron chi connectivity index (χ2n) is 11.3. The molecular weight excluding hydrogens is 447 g/mol. The first-order chi connectivity index (χ1) is 16.3. The van der Waals surface area contributed by atoms with Crippen molar-refractivity contribution in [3.05, 3.63) is 30.1 Å². The Morgan fingerprint density at radius 3 is 2.54 bits per heavy atom. The minimum absolute atomic E-state index is 0.108. The van der Waals surface area contributed by atoms with Gasteiger partial charge in [-0.3, -0.25) is 4.90 Å². The lowest BCUT2D eigenvalue weighted by Crippen LogP contribution is -2.41. The van der Waals surface area contributed by atoms with Gasteiger partial charge in [0.1, 0.15) is 12.2 Å². The van der Waals surface area contributed by atoms with Gasteiger partial charge in [0.25, 0.3) is 0 Å². The molecule has 0 bridgehead atoms. The maximum atomic E-state index is 12.7. The van der Waals surface area contributed by atoms with Gasteiger partial charge in [-0.2, -0.15) is 0 Å². The molecule has 2 aromatic rings. The maximum absolute atomic E-state index is 12.7. The highest BCUT2D eigenvalue weighted by Gasteiger charge is 2.52. The van der Waals surface area contributed by atoms with E-state index < -0.39 is 30.5 Å². The van der Waals surface area contributed by atoms with Gasteiger partial charge in [0.2, 0.25) is 0 Å². The van der Waals surface area contributed by atoms with Crippen molar-refractivity contribution < 1.29 is 23.6 Å². The van der Waals surface area contributed by atoms with Crippen molar-refractivity contribution in [1.82, 2.24) is 15.0 Å². The van der Waals surface area contributed by atoms with E-state index in [2.05, 4.69) is 37.2 Å². The summed E-state index contributed by atoms with van der Waals surface area (Å²) in [6, 6.07) is 5.36. The minimum atomic E-state index is -0.581. The van der Waals surface area contributed by atoms with E-state index in [9.17, 15) is 4.79 Å². The quantitative estimate of drug-likeness (QED) is 0.464. The monoisotopic (exact) mass is 480 g/mol. The van der Waals surface area contributed by atoms with E-state index in [0.29, 0.717) is 24.5 Å². The molecule has 2 fully saturated rings. The molecule has 2 aliphatic heterocycles. The predicted octanol–water partition coefficient (Wildman–Crippen LogP) is 3.16. The molecule has 0 spiro atoms. The predicted molar refractivity (Wildman–Crippen MR) is 132 cm³/mol. The van der Waals surface area contributed by atoms with E-state index in [1.807, 2.05) is 40.0 Å². The summed E-state index contributed by atoms with van der Waals surface area (Å²) < 4.78 is 25.0. The second kappa shape index (κ2) is 8.88. The molecule has 1 aromatic heterocycles. The number of benzene rings is 1. The molecule has 1 aromatic carbocycles. The number of nitrogens with zero attached hydrogens (tertiary/aromatic N) is 4. The summed E-state index contributed by atoms with van der Waals surface area (Å²) in [6.45, 7) is 15.1. The third-order valence-electron chi connectivity index (χ3n) is 6.53. The standard InChI is InChI=1S/C25H33BN4O5/c1-9-32-21-12-17(26-34-24(5,6)25(7,8)35-26)10-11-20(21)30-16-19(33-22(30)31)15-29-14-18(27-28-29)13-23(2,3)4/h1,10-12,14,19H,13,15-16H2,2-8H3. The third kappa shape index (κ3) is 5.31. The molecule has 186 valence electrons. The number of hydrogen-bond donors (Lipinski definition) is 0. The zero-order valence-corrected chi connectivity index (χ0v) is 21.5. The van der Waals surface area contributed by atoms with Crippen LogP contribution in [0.2, 0.25) is 0 Å². The Morgan fingerprint density at radius 1 is 1.23 bits per heavy atom. The first-order valence-electron chi connectivity index (χ1n) is 11.8. The molecule has 2 aliphatic rings. The molecule has 3 heterocycles. The Balaban J connectivity index is 1.50. The summed E-state index contributed by atoms with van der Waals surface area (Å²) in [5.74, 6) is 0.352. The zero-order chi connectivity index (χ0) is 25.6. The topological polar surface area (TPSA) is 87.9 Å². The van der Waals surface area contributed by atoms with Crippen LogP contribution in [0.15, 0.2) is 24.4 Å². The van der Waals surface area contributed by atoms with E-state index >= 15 is 0 Å². The fourth-order valence-electron chi connectivity index (χ4n) is 4.10. The lowest BCUT2D eigenvalue weighted by Gasteiger charge is -2.32. The van der Waals surface area contributed by atoms with Crippen molar-refractivity contribution in [2.75, 3.05) is 11.4 Å². The van der Waals surface area contributed by atoms with Crippen molar-refractivity contribution in [3.63, 3.8) is 0 Å². The Bertz CT molecular complexity index is 1130. The number of anilines is 1. The molecule has 0 saturated carbocycles. The molecule has 1 atom stereocenters. The average molecular weight is 480 g/mol. The number of cyclic esters (lactones) is 1. The van der Waals surface area contributed by atoms with Crippen LogP contribution in [0.3, 0.4) is 0 Å². The van der Waals surface area contributed by atoms with Crippen LogP contribution in [0.25, 0.3) is 0 Å². The molecule has 9 nitrogen and oxygen atoms in total. The molecule has 0 aliphatic carbocycles. The summed E-state index contributed by atoms with van der Waals surface area (Å²) in [5, 5.41) is 8.43. The number of carbonyl (C=O) groups is 1. The van der Waals surface area contributed by atoms with E-state index in [1.165, 1.54) is 4.90 Å². The van der Waals surface area contributed by atoms with Crippen LogP contribution >= 0.6 is 0 Å². The van der Waals surface area contributed by atoms with Crippen LogP contribution in [0.1, 0.15) is 54.2 Å². The van der Waals surface area contributed by atoms with Crippen LogP contribution in [0, 0.1) is 17.9 Å². The first-order valence-corrected chi connectivity index (χ1v) is 11.8. The van der Waals surface area contributed by atoms with Gasteiger partial charge in [-0.25, -0.2) is 9.48 Å². The highest BCUT2D eigenvalue weighted by molar-refractivity contribution is 6.62. The zero-order valence-electron chi connectivity index (χ0n) is 21.5. The van der Waals surface area contributed by atoms with Gasteiger partial charge in [-0.1, -0.05) is 38.5 Å². The largest absolute Gasteiger partial charge is 0.494 e. The fraction of sp³-hybridized carbons (Fsp3) is 0.560. The number of carbonyl (C=O) groups excluding carboxylic acids is 1. The summed E-state index contributed by atoms with van der Waals surface area (Å²) in [5.41, 5.74) is 1.31. The average Bonchev–Trinajstić information content (AvgIpc) is 3.37. The second-order valence-corrected chi connectivity index (χ2v) is 11.3. The SMILES string of the molecule is C#COc1cc(B2OC(C)(C)C(C)(C)O2)ccc1N1CC(Cn2cc(CC(C)(C)C)nn2)OC1=O. The van der Waals surface area contributed by atoms with Crippen molar-refractivity contribution >= 4 is 24.4 Å². The Morgan fingerprint density at radius 2 is 1.91 bits per heavy atom. The third-order valence-corrected chi connectivity index (χ3v) is 6.53. The maximum Gasteiger partial charge on any atom is 0.494 e. The number of rotatable bonds is 6. The van der Waals surface area contributed by atoms with Crippen LogP contribution in [-0.2, 0) is 27.0 Å². The van der Waals surface area contributed by atoms with Gasteiger partial charge < -0.3 is 18.8 Å².